The summed E-state index contributed by atoms with van der Waals surface area (Å²) in [6.07, 6.45) is 7.74. The minimum absolute atomic E-state index is 0.0877. The summed E-state index contributed by atoms with van der Waals surface area (Å²) < 4.78 is 2.13. The summed E-state index contributed by atoms with van der Waals surface area (Å²) >= 11 is 1.66. The minimum Gasteiger partial charge on any atom is -0.339 e. The maximum absolute atomic E-state index is 12.8. The van der Waals surface area contributed by atoms with Gasteiger partial charge in [0, 0.05) is 56.4 Å². The number of hydrogen-bond donors (Lipinski definition) is 0. The molecule has 2 heterocycles. The Balaban J connectivity index is 1.39. The topological polar surface area (TPSA) is 71.3 Å². The van der Waals surface area contributed by atoms with Crippen LogP contribution in [0.3, 0.4) is 0 Å². The second-order valence-corrected chi connectivity index (χ2v) is 10.4. The van der Waals surface area contributed by atoms with Gasteiger partial charge in [0.15, 0.2) is 11.0 Å². The summed E-state index contributed by atoms with van der Waals surface area (Å²) in [6, 6.07) is 10.2. The molecule has 1 aliphatic rings. The molecule has 0 saturated carbocycles. The Labute approximate surface area is 214 Å². The largest absolute Gasteiger partial charge is 0.339 e. The summed E-state index contributed by atoms with van der Waals surface area (Å²) in [5, 5.41) is 9.67. The van der Waals surface area contributed by atoms with Gasteiger partial charge in [-0.2, -0.15) is 0 Å². The zero-order chi connectivity index (χ0) is 25.0. The van der Waals surface area contributed by atoms with Crippen LogP contribution in [0.2, 0.25) is 0 Å². The number of unbranched alkanes of at least 4 members (excludes halogenated alkanes) is 4. The number of rotatable bonds is 13. The van der Waals surface area contributed by atoms with Gasteiger partial charge in [-0.3, -0.25) is 9.59 Å². The van der Waals surface area contributed by atoms with Gasteiger partial charge in [0.1, 0.15) is 0 Å². The van der Waals surface area contributed by atoms with E-state index in [0.29, 0.717) is 32.5 Å². The van der Waals surface area contributed by atoms with Gasteiger partial charge in [0.2, 0.25) is 11.8 Å². The molecule has 1 saturated heterocycles. The molecule has 2 aromatic rings. The summed E-state index contributed by atoms with van der Waals surface area (Å²) in [5.74, 6) is 2.14. The first-order chi connectivity index (χ1) is 17.0. The lowest BCUT2D eigenvalue weighted by Gasteiger charge is -2.40. The van der Waals surface area contributed by atoms with E-state index in [1.807, 2.05) is 40.1 Å². The molecule has 0 bridgehead atoms. The fraction of sp³-hybridized carbons (Fsp3) is 0.630. The predicted molar refractivity (Wildman–Crippen MR) is 142 cm³/mol. The van der Waals surface area contributed by atoms with Gasteiger partial charge in [0.25, 0.3) is 0 Å². The van der Waals surface area contributed by atoms with Crippen molar-refractivity contribution in [1.29, 1.82) is 0 Å². The lowest BCUT2D eigenvalue weighted by molar-refractivity contribution is -0.142. The molecule has 7 nitrogen and oxygen atoms in total. The monoisotopic (exact) mass is 499 g/mol. The van der Waals surface area contributed by atoms with Crippen molar-refractivity contribution >= 4 is 23.6 Å². The zero-order valence-corrected chi connectivity index (χ0v) is 22.4. The fourth-order valence-corrected chi connectivity index (χ4v) is 5.55. The summed E-state index contributed by atoms with van der Waals surface area (Å²) in [7, 11) is 0. The van der Waals surface area contributed by atoms with Gasteiger partial charge in [-0.15, -0.1) is 10.2 Å². The highest BCUT2D eigenvalue weighted by molar-refractivity contribution is 7.99. The zero-order valence-electron chi connectivity index (χ0n) is 21.6. The van der Waals surface area contributed by atoms with Crippen LogP contribution in [-0.2, 0) is 16.1 Å². The lowest BCUT2D eigenvalue weighted by atomic mass is 10.1. The molecule has 1 aromatic heterocycles. The molecule has 8 heteroatoms. The standard InChI is InChI=1S/C27H41N5O2S/c1-4-6-7-8-12-16-25(34)32-19-18-30(21-22(32)3)24(33)17-13-20-35-27-29-28-26(31(27)5-2)23-14-10-9-11-15-23/h9-11,14-15,22H,4-8,12-13,16-21H2,1-3H3. The highest BCUT2D eigenvalue weighted by atomic mass is 32.2. The fourth-order valence-electron chi connectivity index (χ4n) is 4.60. The molecule has 1 unspecified atom stereocenters. The van der Waals surface area contributed by atoms with Crippen LogP contribution in [0.1, 0.15) is 72.1 Å². The molecule has 0 aliphatic carbocycles. The van der Waals surface area contributed by atoms with Crippen LogP contribution < -0.4 is 0 Å². The van der Waals surface area contributed by atoms with Crippen molar-refractivity contribution in [3.05, 3.63) is 30.3 Å². The van der Waals surface area contributed by atoms with Crippen molar-refractivity contribution < 1.29 is 9.59 Å². The third-order valence-corrected chi connectivity index (χ3v) is 7.68. The maximum Gasteiger partial charge on any atom is 0.222 e. The molecule has 0 spiro atoms. The number of amides is 2. The maximum atomic E-state index is 12.8. The van der Waals surface area contributed by atoms with Crippen LogP contribution in [0.15, 0.2) is 35.5 Å². The molecule has 0 N–H and O–H groups in total. The molecule has 1 aromatic carbocycles. The third kappa shape index (κ3) is 7.82. The number of aromatic nitrogens is 3. The van der Waals surface area contributed by atoms with Crippen molar-refractivity contribution in [2.45, 2.75) is 89.9 Å². The predicted octanol–water partition coefficient (Wildman–Crippen LogP) is 5.26. The molecule has 35 heavy (non-hydrogen) atoms. The Hall–Kier alpha value is -2.35. The average Bonchev–Trinajstić information content (AvgIpc) is 3.29. The van der Waals surface area contributed by atoms with Gasteiger partial charge < -0.3 is 14.4 Å². The second kappa shape index (κ2) is 14.3. The van der Waals surface area contributed by atoms with Crippen LogP contribution in [0.5, 0.6) is 0 Å². The van der Waals surface area contributed by atoms with E-state index in [0.717, 1.165) is 48.1 Å². The van der Waals surface area contributed by atoms with E-state index in [9.17, 15) is 9.59 Å². The Kier molecular flexibility index (Phi) is 11.1. The average molecular weight is 500 g/mol. The minimum atomic E-state index is 0.0877. The highest BCUT2D eigenvalue weighted by Gasteiger charge is 2.29. The molecule has 1 aliphatic heterocycles. The number of carbonyl (C=O) groups excluding carboxylic acids is 2. The van der Waals surface area contributed by atoms with E-state index < -0.39 is 0 Å². The Morgan fingerprint density at radius 2 is 1.69 bits per heavy atom. The van der Waals surface area contributed by atoms with E-state index in [4.69, 9.17) is 0 Å². The number of carbonyl (C=O) groups is 2. The van der Waals surface area contributed by atoms with E-state index >= 15 is 0 Å². The molecule has 0 radical (unpaired) electrons. The van der Waals surface area contributed by atoms with Gasteiger partial charge in [-0.05, 0) is 26.7 Å². The van der Waals surface area contributed by atoms with Crippen LogP contribution in [0.25, 0.3) is 11.4 Å². The first-order valence-electron chi connectivity index (χ1n) is 13.2. The van der Waals surface area contributed by atoms with E-state index in [1.165, 1.54) is 19.3 Å². The quantitative estimate of drug-likeness (QED) is 0.278. The van der Waals surface area contributed by atoms with Crippen molar-refractivity contribution in [2.24, 2.45) is 0 Å². The van der Waals surface area contributed by atoms with Gasteiger partial charge in [0.05, 0.1) is 0 Å². The van der Waals surface area contributed by atoms with E-state index in [1.54, 1.807) is 11.8 Å². The molecule has 1 atom stereocenters. The summed E-state index contributed by atoms with van der Waals surface area (Å²) in [4.78, 5) is 29.3. The van der Waals surface area contributed by atoms with Crippen LogP contribution in [-0.4, -0.2) is 67.8 Å². The summed E-state index contributed by atoms with van der Waals surface area (Å²) in [5.41, 5.74) is 1.06. The Bertz CT molecular complexity index is 933. The number of nitrogens with zero attached hydrogens (tertiary/aromatic N) is 5. The Morgan fingerprint density at radius 1 is 0.943 bits per heavy atom. The van der Waals surface area contributed by atoms with Crippen LogP contribution in [0, 0.1) is 0 Å². The molecular formula is C27H41N5O2S. The number of piperazine rings is 1. The first-order valence-corrected chi connectivity index (χ1v) is 14.2. The SMILES string of the molecule is CCCCCCCC(=O)N1CCN(C(=O)CCCSc2nnc(-c3ccccc3)n2CC)CC1C. The van der Waals surface area contributed by atoms with Crippen LogP contribution in [0.4, 0.5) is 0 Å². The summed E-state index contributed by atoms with van der Waals surface area (Å²) in [6.45, 7) is 9.09. The van der Waals surface area contributed by atoms with Crippen molar-refractivity contribution in [2.75, 3.05) is 25.4 Å². The van der Waals surface area contributed by atoms with E-state index in [2.05, 4.69) is 35.5 Å². The molecular weight excluding hydrogens is 458 g/mol. The lowest BCUT2D eigenvalue weighted by Crippen LogP contribution is -2.55. The van der Waals surface area contributed by atoms with Crippen molar-refractivity contribution in [3.8, 4) is 11.4 Å². The molecule has 192 valence electrons. The number of thioether (sulfide) groups is 1. The van der Waals surface area contributed by atoms with Crippen molar-refractivity contribution in [3.63, 3.8) is 0 Å². The highest BCUT2D eigenvalue weighted by Crippen LogP contribution is 2.24. The van der Waals surface area contributed by atoms with Gasteiger partial charge in [-0.1, -0.05) is 74.7 Å². The van der Waals surface area contributed by atoms with Gasteiger partial charge >= 0.3 is 0 Å². The normalized spacial score (nSPS) is 16.0. The van der Waals surface area contributed by atoms with Crippen molar-refractivity contribution in [1.82, 2.24) is 24.6 Å². The van der Waals surface area contributed by atoms with E-state index in [-0.39, 0.29) is 17.9 Å². The van der Waals surface area contributed by atoms with Gasteiger partial charge in [-0.25, -0.2) is 0 Å². The van der Waals surface area contributed by atoms with Crippen LogP contribution >= 0.6 is 11.8 Å². The number of hydrogen-bond acceptors (Lipinski definition) is 5. The second-order valence-electron chi connectivity index (χ2n) is 9.31. The molecule has 3 rings (SSSR count). The Morgan fingerprint density at radius 3 is 2.40 bits per heavy atom. The molecule has 2 amide bonds. The first kappa shape index (κ1) is 27.2. The third-order valence-electron chi connectivity index (χ3n) is 6.63. The molecule has 1 fully saturated rings. The number of benzene rings is 1. The smallest absolute Gasteiger partial charge is 0.222 e.